The molecule has 4 nitrogen and oxygen atoms in total. The van der Waals surface area contributed by atoms with Gasteiger partial charge in [-0.2, -0.15) is 5.10 Å². The largest absolute Gasteiger partial charge is 0.321 e. The van der Waals surface area contributed by atoms with E-state index in [0.717, 1.165) is 5.69 Å². The molecule has 5 heteroatoms. The molecule has 0 aliphatic rings. The highest BCUT2D eigenvalue weighted by Crippen LogP contribution is 2.18. The molecule has 0 fully saturated rings. The molecule has 0 saturated carbocycles. The summed E-state index contributed by atoms with van der Waals surface area (Å²) in [6, 6.07) is 9.67. The highest BCUT2D eigenvalue weighted by molar-refractivity contribution is 7.98. The maximum Gasteiger partial charge on any atom is 0.273 e. The summed E-state index contributed by atoms with van der Waals surface area (Å²) < 4.78 is 1.71. The predicted octanol–water partition coefficient (Wildman–Crippen LogP) is 3.44. The lowest BCUT2D eigenvalue weighted by Crippen LogP contribution is -2.18. The van der Waals surface area contributed by atoms with E-state index in [2.05, 4.69) is 10.4 Å². The number of aromatic nitrogens is 2. The third-order valence-corrected chi connectivity index (χ3v) is 3.48. The fourth-order valence-corrected chi connectivity index (χ4v) is 2.18. The molecule has 2 rings (SSSR count). The van der Waals surface area contributed by atoms with Crippen molar-refractivity contribution in [1.29, 1.82) is 0 Å². The van der Waals surface area contributed by atoms with Gasteiger partial charge >= 0.3 is 0 Å². The Balaban J connectivity index is 2.13. The molecule has 100 valence electrons. The Labute approximate surface area is 117 Å². The summed E-state index contributed by atoms with van der Waals surface area (Å²) in [7, 11) is 0. The number of nitrogens with zero attached hydrogens (tertiary/aromatic N) is 2. The number of anilines is 1. The Morgan fingerprint density at radius 3 is 2.53 bits per heavy atom. The minimum atomic E-state index is -0.136. The second kappa shape index (κ2) is 5.93. The lowest BCUT2D eigenvalue weighted by atomic mass is 10.3. The van der Waals surface area contributed by atoms with Gasteiger partial charge in [0, 0.05) is 22.8 Å². The molecule has 0 radical (unpaired) electrons. The number of carbonyl (C=O) groups is 1. The smallest absolute Gasteiger partial charge is 0.273 e. The van der Waals surface area contributed by atoms with Crippen LogP contribution in [-0.4, -0.2) is 21.9 Å². The number of rotatable bonds is 4. The molecule has 0 atom stereocenters. The third kappa shape index (κ3) is 3.17. The lowest BCUT2D eigenvalue weighted by Gasteiger charge is -2.11. The number of hydrogen-bond acceptors (Lipinski definition) is 3. The van der Waals surface area contributed by atoms with E-state index in [9.17, 15) is 4.79 Å². The average Bonchev–Trinajstić information content (AvgIpc) is 2.89. The van der Waals surface area contributed by atoms with Gasteiger partial charge in [-0.3, -0.25) is 9.48 Å². The van der Waals surface area contributed by atoms with Crippen molar-refractivity contribution in [2.45, 2.75) is 24.8 Å². The molecular formula is C14H17N3OS. The SMILES string of the molecule is CSc1ccc(NC(=O)c2ccnn2C(C)C)cc1. The summed E-state index contributed by atoms with van der Waals surface area (Å²) >= 11 is 1.67. The van der Waals surface area contributed by atoms with Crippen LogP contribution in [0.2, 0.25) is 0 Å². The van der Waals surface area contributed by atoms with E-state index in [1.54, 1.807) is 28.7 Å². The topological polar surface area (TPSA) is 46.9 Å². The lowest BCUT2D eigenvalue weighted by molar-refractivity contribution is 0.101. The van der Waals surface area contributed by atoms with Gasteiger partial charge in [-0.25, -0.2) is 0 Å². The van der Waals surface area contributed by atoms with Gasteiger partial charge in [0.1, 0.15) is 5.69 Å². The number of carbonyl (C=O) groups excluding carboxylic acids is 1. The van der Waals surface area contributed by atoms with Crippen molar-refractivity contribution < 1.29 is 4.79 Å². The monoisotopic (exact) mass is 275 g/mol. The van der Waals surface area contributed by atoms with Crippen molar-refractivity contribution in [2.24, 2.45) is 0 Å². The van der Waals surface area contributed by atoms with Crippen LogP contribution in [0.1, 0.15) is 30.4 Å². The van der Waals surface area contributed by atoms with Crippen molar-refractivity contribution in [1.82, 2.24) is 9.78 Å². The van der Waals surface area contributed by atoms with Crippen LogP contribution in [0.4, 0.5) is 5.69 Å². The molecule has 19 heavy (non-hydrogen) atoms. The van der Waals surface area contributed by atoms with Crippen LogP contribution < -0.4 is 5.32 Å². The summed E-state index contributed by atoms with van der Waals surface area (Å²) in [6.07, 6.45) is 3.67. The summed E-state index contributed by atoms with van der Waals surface area (Å²) in [4.78, 5) is 13.3. The number of amides is 1. The molecule has 1 aromatic carbocycles. The summed E-state index contributed by atoms with van der Waals surface area (Å²) in [5.74, 6) is -0.136. The van der Waals surface area contributed by atoms with Crippen molar-refractivity contribution in [2.75, 3.05) is 11.6 Å². The molecule has 0 aliphatic carbocycles. The first kappa shape index (κ1) is 13.7. The Bertz CT molecular complexity index is 560. The second-order valence-electron chi connectivity index (χ2n) is 4.44. The van der Waals surface area contributed by atoms with Crippen LogP contribution in [0.15, 0.2) is 41.4 Å². The minimum Gasteiger partial charge on any atom is -0.321 e. The normalized spacial score (nSPS) is 10.7. The Morgan fingerprint density at radius 2 is 1.95 bits per heavy atom. The standard InChI is InChI=1S/C14H17N3OS/c1-10(2)17-13(8-9-15-17)14(18)16-11-4-6-12(19-3)7-5-11/h4-10H,1-3H3,(H,16,18). The van der Waals surface area contributed by atoms with Crippen LogP contribution in [-0.2, 0) is 0 Å². The van der Waals surface area contributed by atoms with E-state index in [-0.39, 0.29) is 11.9 Å². The number of benzene rings is 1. The molecule has 0 aliphatic heterocycles. The van der Waals surface area contributed by atoms with Crippen LogP contribution in [0.3, 0.4) is 0 Å². The highest BCUT2D eigenvalue weighted by Gasteiger charge is 2.13. The van der Waals surface area contributed by atoms with E-state index in [1.807, 2.05) is 44.4 Å². The Hall–Kier alpha value is -1.75. The molecule has 1 amide bonds. The summed E-state index contributed by atoms with van der Waals surface area (Å²) in [5, 5.41) is 7.04. The first-order chi connectivity index (χ1) is 9.11. The third-order valence-electron chi connectivity index (χ3n) is 2.74. The quantitative estimate of drug-likeness (QED) is 0.869. The maximum absolute atomic E-state index is 12.2. The van der Waals surface area contributed by atoms with E-state index in [0.29, 0.717) is 5.69 Å². The molecule has 0 saturated heterocycles. The molecule has 0 unspecified atom stereocenters. The Kier molecular flexibility index (Phi) is 4.27. The number of hydrogen-bond donors (Lipinski definition) is 1. The van der Waals surface area contributed by atoms with Gasteiger partial charge in [-0.05, 0) is 50.4 Å². The number of thioether (sulfide) groups is 1. The predicted molar refractivity (Wildman–Crippen MR) is 78.8 cm³/mol. The second-order valence-corrected chi connectivity index (χ2v) is 5.32. The fourth-order valence-electron chi connectivity index (χ4n) is 1.78. The average molecular weight is 275 g/mol. The van der Waals surface area contributed by atoms with Crippen LogP contribution in [0, 0.1) is 0 Å². The van der Waals surface area contributed by atoms with E-state index < -0.39 is 0 Å². The van der Waals surface area contributed by atoms with E-state index in [1.165, 1.54) is 4.90 Å². The molecule has 1 N–H and O–H groups in total. The molecule has 1 heterocycles. The van der Waals surface area contributed by atoms with Gasteiger partial charge in [0.25, 0.3) is 5.91 Å². The minimum absolute atomic E-state index is 0.136. The van der Waals surface area contributed by atoms with Gasteiger partial charge in [-0.1, -0.05) is 0 Å². The molecule has 1 aromatic heterocycles. The van der Waals surface area contributed by atoms with Gasteiger partial charge < -0.3 is 5.32 Å². The van der Waals surface area contributed by atoms with Crippen molar-refractivity contribution in [3.8, 4) is 0 Å². The molecule has 0 bridgehead atoms. The fraction of sp³-hybridized carbons (Fsp3) is 0.286. The van der Waals surface area contributed by atoms with Crippen molar-refractivity contribution >= 4 is 23.4 Å². The zero-order valence-electron chi connectivity index (χ0n) is 11.3. The van der Waals surface area contributed by atoms with Gasteiger partial charge in [-0.15, -0.1) is 11.8 Å². The molecule has 0 spiro atoms. The summed E-state index contributed by atoms with van der Waals surface area (Å²) in [6.45, 7) is 3.99. The summed E-state index contributed by atoms with van der Waals surface area (Å²) in [5.41, 5.74) is 1.36. The van der Waals surface area contributed by atoms with Gasteiger partial charge in [0.15, 0.2) is 0 Å². The zero-order valence-corrected chi connectivity index (χ0v) is 12.1. The molecule has 2 aromatic rings. The molecular weight excluding hydrogens is 258 g/mol. The first-order valence-electron chi connectivity index (χ1n) is 6.10. The highest BCUT2D eigenvalue weighted by atomic mass is 32.2. The van der Waals surface area contributed by atoms with E-state index in [4.69, 9.17) is 0 Å². The van der Waals surface area contributed by atoms with Gasteiger partial charge in [0.2, 0.25) is 0 Å². The first-order valence-corrected chi connectivity index (χ1v) is 7.33. The van der Waals surface area contributed by atoms with Gasteiger partial charge in [0.05, 0.1) is 0 Å². The van der Waals surface area contributed by atoms with Crippen LogP contribution >= 0.6 is 11.8 Å². The maximum atomic E-state index is 12.2. The number of nitrogens with one attached hydrogen (secondary N) is 1. The Morgan fingerprint density at radius 1 is 1.26 bits per heavy atom. The zero-order chi connectivity index (χ0) is 13.8. The van der Waals surface area contributed by atoms with Crippen LogP contribution in [0.25, 0.3) is 0 Å². The van der Waals surface area contributed by atoms with Crippen LogP contribution in [0.5, 0.6) is 0 Å². The van der Waals surface area contributed by atoms with Crippen molar-refractivity contribution in [3.05, 3.63) is 42.2 Å². The van der Waals surface area contributed by atoms with E-state index >= 15 is 0 Å². The van der Waals surface area contributed by atoms with Crippen molar-refractivity contribution in [3.63, 3.8) is 0 Å².